The fourth-order valence-electron chi connectivity index (χ4n) is 1.74. The molecule has 0 aliphatic rings. The molecule has 6 heteroatoms. The van der Waals surface area contributed by atoms with Gasteiger partial charge in [0.15, 0.2) is 0 Å². The largest absolute Gasteiger partial charge is 0.383 e. The molecule has 1 N–H and O–H groups in total. The molecule has 2 rings (SSSR count). The first kappa shape index (κ1) is 15.1. The Hall–Kier alpha value is -2.34. The average molecular weight is 305 g/mol. The van der Waals surface area contributed by atoms with E-state index in [1.807, 2.05) is 30.3 Å². The van der Waals surface area contributed by atoms with Crippen LogP contribution in [-0.2, 0) is 16.7 Å². The van der Waals surface area contributed by atoms with Crippen molar-refractivity contribution in [3.63, 3.8) is 0 Å². The predicted octanol–water partition coefficient (Wildman–Crippen LogP) is 1.96. The number of carbonyl (C=O) groups is 1. The van der Waals surface area contributed by atoms with Crippen LogP contribution in [0.2, 0.25) is 0 Å². The highest BCUT2D eigenvalue weighted by molar-refractivity contribution is 7.86. The molecule has 0 saturated carbocycles. The van der Waals surface area contributed by atoms with Crippen LogP contribution < -0.4 is 9.50 Å². The van der Waals surface area contributed by atoms with Gasteiger partial charge in [0, 0.05) is 12.1 Å². The van der Waals surface area contributed by atoms with Gasteiger partial charge in [0.05, 0.1) is 6.26 Å². The monoisotopic (exact) mass is 305 g/mol. The summed E-state index contributed by atoms with van der Waals surface area (Å²) in [7, 11) is -3.61. The summed E-state index contributed by atoms with van der Waals surface area (Å²) in [6.45, 7) is 0.400. The van der Waals surface area contributed by atoms with Crippen LogP contribution in [0.25, 0.3) is 0 Å². The van der Waals surface area contributed by atoms with Gasteiger partial charge in [-0.3, -0.25) is 4.79 Å². The smallest absolute Gasteiger partial charge is 0.306 e. The second kappa shape index (κ2) is 6.41. The zero-order chi connectivity index (χ0) is 15.3. The SMILES string of the molecule is CS(=O)(=O)Oc1cccc(C(=O)NCc2ccccc2)c1. The van der Waals surface area contributed by atoms with Gasteiger partial charge < -0.3 is 9.50 Å². The number of amides is 1. The number of benzene rings is 2. The Morgan fingerprint density at radius 1 is 1.10 bits per heavy atom. The fraction of sp³-hybridized carbons (Fsp3) is 0.133. The van der Waals surface area contributed by atoms with Crippen molar-refractivity contribution in [3.05, 3.63) is 65.7 Å². The van der Waals surface area contributed by atoms with Crippen molar-refractivity contribution in [2.24, 2.45) is 0 Å². The van der Waals surface area contributed by atoms with Crippen molar-refractivity contribution in [2.75, 3.05) is 6.26 Å². The number of hydrogen-bond donors (Lipinski definition) is 1. The van der Waals surface area contributed by atoms with E-state index in [1.54, 1.807) is 12.1 Å². The molecule has 0 fully saturated rings. The van der Waals surface area contributed by atoms with Gasteiger partial charge in [-0.25, -0.2) is 0 Å². The Balaban J connectivity index is 2.04. The maximum absolute atomic E-state index is 12.0. The molecule has 0 heterocycles. The van der Waals surface area contributed by atoms with Gasteiger partial charge in [-0.15, -0.1) is 0 Å². The first-order chi connectivity index (χ1) is 9.94. The Kier molecular flexibility index (Phi) is 4.59. The maximum atomic E-state index is 12.0. The van der Waals surface area contributed by atoms with E-state index in [9.17, 15) is 13.2 Å². The molecule has 5 nitrogen and oxygen atoms in total. The molecule has 0 saturated heterocycles. The lowest BCUT2D eigenvalue weighted by atomic mass is 10.2. The molecule has 0 aromatic heterocycles. The van der Waals surface area contributed by atoms with Crippen molar-refractivity contribution >= 4 is 16.0 Å². The van der Waals surface area contributed by atoms with Gasteiger partial charge in [-0.1, -0.05) is 36.4 Å². The molecule has 21 heavy (non-hydrogen) atoms. The van der Waals surface area contributed by atoms with E-state index in [0.717, 1.165) is 11.8 Å². The van der Waals surface area contributed by atoms with E-state index in [2.05, 4.69) is 5.32 Å². The fourth-order valence-corrected chi connectivity index (χ4v) is 2.20. The third-order valence-electron chi connectivity index (χ3n) is 2.64. The van der Waals surface area contributed by atoms with Crippen LogP contribution in [0, 0.1) is 0 Å². The van der Waals surface area contributed by atoms with Gasteiger partial charge >= 0.3 is 10.1 Å². The standard InChI is InChI=1S/C15H15NO4S/c1-21(18,19)20-14-9-5-8-13(10-14)15(17)16-11-12-6-3-2-4-7-12/h2-10H,11H2,1H3,(H,16,17). The Morgan fingerprint density at radius 3 is 2.48 bits per heavy atom. The molecule has 2 aromatic carbocycles. The lowest BCUT2D eigenvalue weighted by Gasteiger charge is -2.07. The molecular formula is C15H15NO4S. The lowest BCUT2D eigenvalue weighted by molar-refractivity contribution is 0.0950. The van der Waals surface area contributed by atoms with Gasteiger partial charge in [0.2, 0.25) is 0 Å². The molecule has 0 aliphatic heterocycles. The Labute approximate surface area is 123 Å². The summed E-state index contributed by atoms with van der Waals surface area (Å²) in [4.78, 5) is 12.0. The molecule has 0 spiro atoms. The third-order valence-corrected chi connectivity index (χ3v) is 3.13. The van der Waals surface area contributed by atoms with Crippen LogP contribution in [0.1, 0.15) is 15.9 Å². The summed E-state index contributed by atoms with van der Waals surface area (Å²) < 4.78 is 26.9. The summed E-state index contributed by atoms with van der Waals surface area (Å²) in [6, 6.07) is 15.5. The third kappa shape index (κ3) is 4.92. The molecule has 0 radical (unpaired) electrons. The van der Waals surface area contributed by atoms with Crippen LogP contribution in [0.15, 0.2) is 54.6 Å². The predicted molar refractivity (Wildman–Crippen MR) is 79.5 cm³/mol. The highest BCUT2D eigenvalue weighted by atomic mass is 32.2. The van der Waals surface area contributed by atoms with Crippen molar-refractivity contribution < 1.29 is 17.4 Å². The van der Waals surface area contributed by atoms with Crippen molar-refractivity contribution in [2.45, 2.75) is 6.54 Å². The summed E-state index contributed by atoms with van der Waals surface area (Å²) in [6.07, 6.45) is 0.954. The molecule has 2 aromatic rings. The van der Waals surface area contributed by atoms with Gasteiger partial charge in [0.1, 0.15) is 5.75 Å². The second-order valence-corrected chi connectivity index (χ2v) is 6.06. The highest BCUT2D eigenvalue weighted by Gasteiger charge is 2.09. The number of carbonyl (C=O) groups excluding carboxylic acids is 1. The summed E-state index contributed by atoms with van der Waals surface area (Å²) in [5, 5.41) is 2.76. The lowest BCUT2D eigenvalue weighted by Crippen LogP contribution is -2.22. The minimum absolute atomic E-state index is 0.116. The topological polar surface area (TPSA) is 72.5 Å². The summed E-state index contributed by atoms with van der Waals surface area (Å²) in [5.41, 5.74) is 1.32. The van der Waals surface area contributed by atoms with Crippen molar-refractivity contribution in [1.82, 2.24) is 5.32 Å². The first-order valence-electron chi connectivity index (χ1n) is 6.26. The van der Waals surface area contributed by atoms with E-state index in [0.29, 0.717) is 12.1 Å². The molecule has 0 atom stereocenters. The molecular weight excluding hydrogens is 290 g/mol. The normalized spacial score (nSPS) is 10.9. The second-order valence-electron chi connectivity index (χ2n) is 4.48. The van der Waals surface area contributed by atoms with Crippen LogP contribution in [0.3, 0.4) is 0 Å². The summed E-state index contributed by atoms with van der Waals surface area (Å²) >= 11 is 0. The van der Waals surface area contributed by atoms with E-state index in [1.165, 1.54) is 12.1 Å². The number of hydrogen-bond acceptors (Lipinski definition) is 4. The maximum Gasteiger partial charge on any atom is 0.306 e. The molecule has 1 amide bonds. The Bertz CT molecular complexity index is 726. The quantitative estimate of drug-likeness (QED) is 0.857. The Morgan fingerprint density at radius 2 is 1.81 bits per heavy atom. The zero-order valence-corrected chi connectivity index (χ0v) is 12.3. The van der Waals surface area contributed by atoms with Crippen molar-refractivity contribution in [3.8, 4) is 5.75 Å². The average Bonchev–Trinajstić information content (AvgIpc) is 2.44. The van der Waals surface area contributed by atoms with Crippen LogP contribution >= 0.6 is 0 Å². The van der Waals surface area contributed by atoms with Crippen LogP contribution in [0.4, 0.5) is 0 Å². The summed E-state index contributed by atoms with van der Waals surface area (Å²) in [5.74, 6) is -0.178. The van der Waals surface area contributed by atoms with Crippen molar-refractivity contribution in [1.29, 1.82) is 0 Å². The highest BCUT2D eigenvalue weighted by Crippen LogP contribution is 2.15. The van der Waals surface area contributed by atoms with E-state index >= 15 is 0 Å². The molecule has 0 bridgehead atoms. The molecule has 0 unspecified atom stereocenters. The van der Waals surface area contributed by atoms with E-state index < -0.39 is 10.1 Å². The zero-order valence-electron chi connectivity index (χ0n) is 11.4. The minimum Gasteiger partial charge on any atom is -0.383 e. The van der Waals surface area contributed by atoms with Gasteiger partial charge in [0.25, 0.3) is 5.91 Å². The van der Waals surface area contributed by atoms with E-state index in [-0.39, 0.29) is 11.7 Å². The molecule has 110 valence electrons. The van der Waals surface area contributed by atoms with Gasteiger partial charge in [-0.05, 0) is 23.8 Å². The van der Waals surface area contributed by atoms with E-state index in [4.69, 9.17) is 4.18 Å². The number of rotatable bonds is 5. The first-order valence-corrected chi connectivity index (χ1v) is 8.07. The number of nitrogens with one attached hydrogen (secondary N) is 1. The molecule has 0 aliphatic carbocycles. The van der Waals surface area contributed by atoms with Crippen LogP contribution in [-0.4, -0.2) is 20.6 Å². The minimum atomic E-state index is -3.61. The van der Waals surface area contributed by atoms with Crippen LogP contribution in [0.5, 0.6) is 5.75 Å². The van der Waals surface area contributed by atoms with Gasteiger partial charge in [-0.2, -0.15) is 8.42 Å².